The van der Waals surface area contributed by atoms with E-state index in [-0.39, 0.29) is 0 Å². The van der Waals surface area contributed by atoms with Gasteiger partial charge in [-0.25, -0.2) is 0 Å². The Morgan fingerprint density at radius 3 is 2.20 bits per heavy atom. The largest absolute Gasteiger partial charge is 0.0654 e. The minimum Gasteiger partial charge on any atom is -0.0654 e. The molecule has 0 fully saturated rings. The van der Waals surface area contributed by atoms with Crippen molar-refractivity contribution >= 4 is 0 Å². The lowest BCUT2D eigenvalue weighted by Gasteiger charge is -2.25. The highest BCUT2D eigenvalue weighted by Gasteiger charge is 2.17. The summed E-state index contributed by atoms with van der Waals surface area (Å²) in [7, 11) is 0. The van der Waals surface area contributed by atoms with Gasteiger partial charge in [0, 0.05) is 0 Å². The van der Waals surface area contributed by atoms with Gasteiger partial charge in [-0.1, -0.05) is 47.0 Å². The molecule has 0 heteroatoms. The highest BCUT2D eigenvalue weighted by Crippen LogP contribution is 2.30. The predicted molar refractivity (Wildman–Crippen MR) is 47.9 cm³/mol. The van der Waals surface area contributed by atoms with Crippen LogP contribution in [0.3, 0.4) is 0 Å². The second-order valence-corrected chi connectivity index (χ2v) is 3.40. The third-order valence-electron chi connectivity index (χ3n) is 2.61. The quantitative estimate of drug-likeness (QED) is 0.546. The van der Waals surface area contributed by atoms with Gasteiger partial charge in [0.15, 0.2) is 0 Å². The first kappa shape index (κ1) is 10.0. The second-order valence-electron chi connectivity index (χ2n) is 3.40. The van der Waals surface area contributed by atoms with Crippen LogP contribution in [0.25, 0.3) is 0 Å². The molecule has 0 aromatic heterocycles. The van der Waals surface area contributed by atoms with Crippen molar-refractivity contribution in [3.63, 3.8) is 0 Å². The molecule has 0 bridgehead atoms. The minimum atomic E-state index is 0.510. The molecule has 1 radical (unpaired) electrons. The van der Waals surface area contributed by atoms with Crippen LogP contribution in [0.5, 0.6) is 0 Å². The maximum absolute atomic E-state index is 2.35. The topological polar surface area (TPSA) is 0 Å². The fourth-order valence-corrected chi connectivity index (χ4v) is 1.11. The molecule has 0 aromatic rings. The molecule has 10 heavy (non-hydrogen) atoms. The van der Waals surface area contributed by atoms with Gasteiger partial charge in [-0.05, 0) is 18.3 Å². The normalized spacial score (nSPS) is 12.0. The average Bonchev–Trinajstić information content (AvgIpc) is 2.00. The van der Waals surface area contributed by atoms with Crippen molar-refractivity contribution in [1.29, 1.82) is 0 Å². The van der Waals surface area contributed by atoms with E-state index in [9.17, 15) is 0 Å². The van der Waals surface area contributed by atoms with Gasteiger partial charge in [0.1, 0.15) is 0 Å². The summed E-state index contributed by atoms with van der Waals surface area (Å²) >= 11 is 0. The lowest BCUT2D eigenvalue weighted by atomic mass is 9.80. The van der Waals surface area contributed by atoms with Crippen LogP contribution in [0.4, 0.5) is 0 Å². The molecular formula is C10H21. The molecule has 0 aliphatic carbocycles. The van der Waals surface area contributed by atoms with E-state index >= 15 is 0 Å². The number of unbranched alkanes of at least 4 members (excludes halogenated alkanes) is 1. The van der Waals surface area contributed by atoms with Crippen LogP contribution < -0.4 is 0 Å². The first-order valence-corrected chi connectivity index (χ1v) is 4.49. The van der Waals surface area contributed by atoms with Gasteiger partial charge < -0.3 is 0 Å². The lowest BCUT2D eigenvalue weighted by Crippen LogP contribution is -2.13. The van der Waals surface area contributed by atoms with Gasteiger partial charge in [-0.15, -0.1) is 0 Å². The Bertz CT molecular complexity index is 70.1. The summed E-state index contributed by atoms with van der Waals surface area (Å²) in [5.74, 6) is 0. The predicted octanol–water partition coefficient (Wildman–Crippen LogP) is 3.82. The Hall–Kier alpha value is 0. The Morgan fingerprint density at radius 2 is 1.90 bits per heavy atom. The minimum absolute atomic E-state index is 0.510. The highest BCUT2D eigenvalue weighted by molar-refractivity contribution is 4.83. The van der Waals surface area contributed by atoms with Crippen LogP contribution in [0, 0.1) is 11.8 Å². The monoisotopic (exact) mass is 141 g/mol. The molecule has 61 valence electrons. The molecule has 0 aliphatic rings. The molecule has 0 heterocycles. The molecule has 0 nitrogen and oxygen atoms in total. The van der Waals surface area contributed by atoms with E-state index in [4.69, 9.17) is 0 Å². The van der Waals surface area contributed by atoms with Gasteiger partial charge in [0.05, 0.1) is 0 Å². The summed E-state index contributed by atoms with van der Waals surface area (Å²) in [6.07, 6.45) is 7.68. The number of hydrogen-bond acceptors (Lipinski definition) is 0. The zero-order chi connectivity index (χ0) is 8.04. The summed E-state index contributed by atoms with van der Waals surface area (Å²) in [6.45, 7) is 9.06. The molecule has 0 aliphatic heterocycles. The van der Waals surface area contributed by atoms with E-state index in [1.807, 2.05) is 0 Å². The van der Waals surface area contributed by atoms with E-state index < -0.39 is 0 Å². The molecule has 1 atom stereocenters. The molecule has 0 saturated carbocycles. The third kappa shape index (κ3) is 3.24. The number of rotatable bonds is 5. The van der Waals surface area contributed by atoms with Crippen LogP contribution >= 0.6 is 0 Å². The second kappa shape index (κ2) is 4.76. The molecule has 0 rings (SSSR count). The van der Waals surface area contributed by atoms with Gasteiger partial charge in [-0.2, -0.15) is 0 Å². The van der Waals surface area contributed by atoms with Gasteiger partial charge in [-0.3, -0.25) is 0 Å². The SMILES string of the molecule is C[CH]C(C)(CC)CCCC. The van der Waals surface area contributed by atoms with Gasteiger partial charge in [0.25, 0.3) is 0 Å². The zero-order valence-corrected chi connectivity index (χ0v) is 7.91. The molecule has 1 unspecified atom stereocenters. The standard InChI is InChI=1S/C10H21/c1-5-8-9-10(4,6-2)7-3/h6H,5,7-9H2,1-4H3. The summed E-state index contributed by atoms with van der Waals surface area (Å²) in [6, 6.07) is 0. The smallest absolute Gasteiger partial charge is 0.0300 e. The lowest BCUT2D eigenvalue weighted by molar-refractivity contribution is 0.333. The fraction of sp³-hybridized carbons (Fsp3) is 0.900. The van der Waals surface area contributed by atoms with Crippen molar-refractivity contribution in [2.75, 3.05) is 0 Å². The van der Waals surface area contributed by atoms with Crippen LogP contribution in [-0.2, 0) is 0 Å². The third-order valence-corrected chi connectivity index (χ3v) is 2.61. The molecule has 0 amide bonds. The number of hydrogen-bond donors (Lipinski definition) is 0. The summed E-state index contributed by atoms with van der Waals surface area (Å²) in [5, 5.41) is 0. The van der Waals surface area contributed by atoms with Crippen molar-refractivity contribution in [2.45, 2.75) is 53.4 Å². The van der Waals surface area contributed by atoms with E-state index in [1.165, 1.54) is 25.7 Å². The van der Waals surface area contributed by atoms with Crippen molar-refractivity contribution < 1.29 is 0 Å². The Labute approximate surface area is 66.0 Å². The van der Waals surface area contributed by atoms with E-state index in [2.05, 4.69) is 34.1 Å². The Balaban J connectivity index is 3.58. The maximum Gasteiger partial charge on any atom is -0.0300 e. The molecule has 0 saturated heterocycles. The van der Waals surface area contributed by atoms with Gasteiger partial charge >= 0.3 is 0 Å². The van der Waals surface area contributed by atoms with Gasteiger partial charge in [0.2, 0.25) is 0 Å². The molecule has 0 aromatic carbocycles. The maximum atomic E-state index is 2.35. The summed E-state index contributed by atoms with van der Waals surface area (Å²) in [5.41, 5.74) is 0.510. The van der Waals surface area contributed by atoms with Crippen LogP contribution in [-0.4, -0.2) is 0 Å². The van der Waals surface area contributed by atoms with E-state index in [0.29, 0.717) is 5.41 Å². The first-order valence-electron chi connectivity index (χ1n) is 4.49. The highest BCUT2D eigenvalue weighted by atomic mass is 14.2. The fourth-order valence-electron chi connectivity index (χ4n) is 1.11. The first-order chi connectivity index (χ1) is 4.68. The Morgan fingerprint density at radius 1 is 1.30 bits per heavy atom. The van der Waals surface area contributed by atoms with E-state index in [0.717, 1.165) is 0 Å². The van der Waals surface area contributed by atoms with Crippen LogP contribution in [0.2, 0.25) is 0 Å². The van der Waals surface area contributed by atoms with Crippen molar-refractivity contribution in [3.8, 4) is 0 Å². The zero-order valence-electron chi connectivity index (χ0n) is 7.91. The Kier molecular flexibility index (Phi) is 4.76. The van der Waals surface area contributed by atoms with Crippen molar-refractivity contribution in [2.24, 2.45) is 5.41 Å². The average molecular weight is 141 g/mol. The van der Waals surface area contributed by atoms with Crippen molar-refractivity contribution in [1.82, 2.24) is 0 Å². The van der Waals surface area contributed by atoms with E-state index in [1.54, 1.807) is 0 Å². The van der Waals surface area contributed by atoms with Crippen molar-refractivity contribution in [3.05, 3.63) is 6.42 Å². The summed E-state index contributed by atoms with van der Waals surface area (Å²) < 4.78 is 0. The molecule has 0 N–H and O–H groups in total. The van der Waals surface area contributed by atoms with Crippen LogP contribution in [0.1, 0.15) is 53.4 Å². The molecule has 0 spiro atoms. The molecular weight excluding hydrogens is 120 g/mol. The van der Waals surface area contributed by atoms with Crippen LogP contribution in [0.15, 0.2) is 0 Å². The summed E-state index contributed by atoms with van der Waals surface area (Å²) in [4.78, 5) is 0.